The van der Waals surface area contributed by atoms with Crippen LogP contribution in [0, 0.1) is 10.1 Å². The molecule has 4 rings (SSSR count). The summed E-state index contributed by atoms with van der Waals surface area (Å²) >= 11 is 0. The Kier molecular flexibility index (Phi) is 5.32. The Labute approximate surface area is 179 Å². The minimum atomic E-state index is -0.741. The van der Waals surface area contributed by atoms with Crippen LogP contribution in [-0.2, 0) is 5.54 Å². The second-order valence-corrected chi connectivity index (χ2v) is 7.26. The molecule has 0 saturated heterocycles. The van der Waals surface area contributed by atoms with Crippen LogP contribution in [0.2, 0.25) is 0 Å². The summed E-state index contributed by atoms with van der Waals surface area (Å²) < 4.78 is 1.51. The fraction of sp³-hybridized carbons (Fsp3) is 0.0833. The van der Waals surface area contributed by atoms with E-state index in [0.29, 0.717) is 11.3 Å². The van der Waals surface area contributed by atoms with Gasteiger partial charge in [0, 0.05) is 18.3 Å². The molecule has 1 heterocycles. The van der Waals surface area contributed by atoms with Crippen molar-refractivity contribution in [1.29, 1.82) is 0 Å². The SMILES string of the molecule is CC(NC(=O)c1cnn(-c2ccc([N+](=O)[O-])cc2)c1)(c1ccccc1)c1ccccc1. The standard InChI is InChI=1S/C24H20N4O3/c1-24(19-8-4-2-5-9-19,20-10-6-3-7-11-20)26-23(29)18-16-25-27(17-18)21-12-14-22(15-13-21)28(30)31/h2-17H,1H3,(H,26,29). The summed E-state index contributed by atoms with van der Waals surface area (Å²) in [5.41, 5.74) is 2.18. The second kappa shape index (κ2) is 8.23. The summed E-state index contributed by atoms with van der Waals surface area (Å²) in [4.78, 5) is 23.5. The van der Waals surface area contributed by atoms with Crippen LogP contribution in [0.4, 0.5) is 5.69 Å². The Balaban J connectivity index is 1.62. The van der Waals surface area contributed by atoms with E-state index in [2.05, 4.69) is 10.4 Å². The lowest BCUT2D eigenvalue weighted by Gasteiger charge is -2.32. The molecule has 154 valence electrons. The summed E-state index contributed by atoms with van der Waals surface area (Å²) in [7, 11) is 0. The van der Waals surface area contributed by atoms with Gasteiger partial charge in [0.2, 0.25) is 0 Å². The number of carbonyl (C=O) groups is 1. The van der Waals surface area contributed by atoms with Crippen LogP contribution in [0.3, 0.4) is 0 Å². The minimum Gasteiger partial charge on any atom is -0.339 e. The number of amides is 1. The number of nitro benzene ring substituents is 1. The van der Waals surface area contributed by atoms with E-state index in [0.717, 1.165) is 11.1 Å². The third-order valence-corrected chi connectivity index (χ3v) is 5.24. The van der Waals surface area contributed by atoms with Crippen molar-refractivity contribution < 1.29 is 9.72 Å². The summed E-state index contributed by atoms with van der Waals surface area (Å²) in [5, 5.41) is 18.2. The van der Waals surface area contributed by atoms with Crippen molar-refractivity contribution in [2.24, 2.45) is 0 Å². The van der Waals surface area contributed by atoms with Crippen LogP contribution < -0.4 is 5.32 Å². The highest BCUT2D eigenvalue weighted by atomic mass is 16.6. The first-order valence-corrected chi connectivity index (χ1v) is 9.70. The van der Waals surface area contributed by atoms with E-state index in [1.165, 1.54) is 23.0 Å². The highest BCUT2D eigenvalue weighted by molar-refractivity contribution is 5.94. The number of benzene rings is 3. The molecule has 1 N–H and O–H groups in total. The predicted molar refractivity (Wildman–Crippen MR) is 117 cm³/mol. The second-order valence-electron chi connectivity index (χ2n) is 7.26. The van der Waals surface area contributed by atoms with E-state index in [1.807, 2.05) is 67.6 Å². The van der Waals surface area contributed by atoms with Gasteiger partial charge in [0.1, 0.15) is 0 Å². The van der Waals surface area contributed by atoms with Crippen molar-refractivity contribution in [2.75, 3.05) is 0 Å². The molecule has 1 aromatic heterocycles. The molecule has 0 spiro atoms. The number of hydrogen-bond acceptors (Lipinski definition) is 4. The van der Waals surface area contributed by atoms with Crippen LogP contribution in [0.5, 0.6) is 0 Å². The van der Waals surface area contributed by atoms with Crippen LogP contribution in [0.1, 0.15) is 28.4 Å². The van der Waals surface area contributed by atoms with Gasteiger partial charge in [-0.15, -0.1) is 0 Å². The molecule has 7 nitrogen and oxygen atoms in total. The third-order valence-electron chi connectivity index (χ3n) is 5.24. The first-order valence-electron chi connectivity index (χ1n) is 9.70. The normalized spacial score (nSPS) is 11.1. The molecule has 3 aromatic carbocycles. The number of nitrogens with zero attached hydrogens (tertiary/aromatic N) is 3. The monoisotopic (exact) mass is 412 g/mol. The zero-order chi connectivity index (χ0) is 21.8. The molecular weight excluding hydrogens is 392 g/mol. The van der Waals surface area contributed by atoms with E-state index in [4.69, 9.17) is 0 Å². The minimum absolute atomic E-state index is 0.00429. The lowest BCUT2D eigenvalue weighted by molar-refractivity contribution is -0.384. The van der Waals surface area contributed by atoms with Crippen LogP contribution in [-0.4, -0.2) is 20.6 Å². The number of nitrogens with one attached hydrogen (secondary N) is 1. The predicted octanol–water partition coefficient (Wildman–Crippen LogP) is 4.47. The lowest BCUT2D eigenvalue weighted by atomic mass is 9.84. The van der Waals surface area contributed by atoms with Crippen molar-refractivity contribution in [1.82, 2.24) is 15.1 Å². The molecular formula is C24H20N4O3. The average Bonchev–Trinajstić information content (AvgIpc) is 3.31. The Hall–Kier alpha value is -4.26. The molecule has 1 amide bonds. The number of non-ortho nitro benzene ring substituents is 1. The van der Waals surface area contributed by atoms with Gasteiger partial charge in [-0.05, 0) is 30.2 Å². The fourth-order valence-electron chi connectivity index (χ4n) is 3.46. The van der Waals surface area contributed by atoms with Crippen LogP contribution >= 0.6 is 0 Å². The molecule has 0 saturated carbocycles. The van der Waals surface area contributed by atoms with E-state index < -0.39 is 10.5 Å². The van der Waals surface area contributed by atoms with Gasteiger partial charge in [-0.1, -0.05) is 60.7 Å². The molecule has 0 fully saturated rings. The Morgan fingerprint density at radius 1 is 0.935 bits per heavy atom. The third kappa shape index (κ3) is 4.06. The maximum absolute atomic E-state index is 13.1. The quantitative estimate of drug-likeness (QED) is 0.374. The zero-order valence-corrected chi connectivity index (χ0v) is 16.8. The van der Waals surface area contributed by atoms with E-state index in [9.17, 15) is 14.9 Å². The molecule has 0 atom stereocenters. The van der Waals surface area contributed by atoms with Gasteiger partial charge in [0.15, 0.2) is 0 Å². The van der Waals surface area contributed by atoms with Gasteiger partial charge < -0.3 is 5.32 Å². The number of aromatic nitrogens is 2. The highest BCUT2D eigenvalue weighted by Crippen LogP contribution is 2.29. The van der Waals surface area contributed by atoms with Crippen LogP contribution in [0.15, 0.2) is 97.3 Å². The van der Waals surface area contributed by atoms with E-state index in [-0.39, 0.29) is 11.6 Å². The smallest absolute Gasteiger partial charge is 0.269 e. The number of hydrogen-bond donors (Lipinski definition) is 1. The summed E-state index contributed by atoms with van der Waals surface area (Å²) in [6, 6.07) is 25.5. The van der Waals surface area contributed by atoms with Crippen LogP contribution in [0.25, 0.3) is 5.69 Å². The first-order chi connectivity index (χ1) is 15.0. The number of carbonyl (C=O) groups excluding carboxylic acids is 1. The van der Waals surface area contributed by atoms with Crippen molar-refractivity contribution in [3.8, 4) is 5.69 Å². The molecule has 0 aliphatic heterocycles. The van der Waals surface area contributed by atoms with Crippen molar-refractivity contribution in [2.45, 2.75) is 12.5 Å². The molecule has 0 aliphatic carbocycles. The topological polar surface area (TPSA) is 90.1 Å². The van der Waals surface area contributed by atoms with Gasteiger partial charge in [0.25, 0.3) is 11.6 Å². The fourth-order valence-corrected chi connectivity index (χ4v) is 3.46. The number of nitro groups is 1. The largest absolute Gasteiger partial charge is 0.339 e. The maximum Gasteiger partial charge on any atom is 0.269 e. The van der Waals surface area contributed by atoms with Gasteiger partial charge in [-0.3, -0.25) is 14.9 Å². The molecule has 0 aliphatic rings. The van der Waals surface area contributed by atoms with Gasteiger partial charge >= 0.3 is 0 Å². The van der Waals surface area contributed by atoms with Gasteiger partial charge in [-0.25, -0.2) is 4.68 Å². The molecule has 0 radical (unpaired) electrons. The Bertz CT molecular complexity index is 1160. The van der Waals surface area contributed by atoms with E-state index >= 15 is 0 Å². The van der Waals surface area contributed by atoms with Crippen molar-refractivity contribution in [3.05, 3.63) is 124 Å². The molecule has 4 aromatic rings. The van der Waals surface area contributed by atoms with E-state index in [1.54, 1.807) is 18.3 Å². The summed E-state index contributed by atoms with van der Waals surface area (Å²) in [5.74, 6) is -0.275. The lowest BCUT2D eigenvalue weighted by Crippen LogP contribution is -2.44. The van der Waals surface area contributed by atoms with Gasteiger partial charge in [-0.2, -0.15) is 5.10 Å². The molecule has 31 heavy (non-hydrogen) atoms. The highest BCUT2D eigenvalue weighted by Gasteiger charge is 2.31. The molecule has 0 bridgehead atoms. The molecule has 0 unspecified atom stereocenters. The summed E-state index contributed by atoms with van der Waals surface area (Å²) in [6.07, 6.45) is 3.08. The Morgan fingerprint density at radius 3 is 2.00 bits per heavy atom. The first kappa shape index (κ1) is 20.0. The molecule has 7 heteroatoms. The number of rotatable bonds is 6. The maximum atomic E-state index is 13.1. The Morgan fingerprint density at radius 2 is 1.48 bits per heavy atom. The zero-order valence-electron chi connectivity index (χ0n) is 16.8. The van der Waals surface area contributed by atoms with Crippen molar-refractivity contribution in [3.63, 3.8) is 0 Å². The average molecular weight is 412 g/mol. The van der Waals surface area contributed by atoms with Gasteiger partial charge in [0.05, 0.1) is 27.9 Å². The summed E-state index contributed by atoms with van der Waals surface area (Å²) in [6.45, 7) is 1.97. The van der Waals surface area contributed by atoms with Crippen molar-refractivity contribution >= 4 is 11.6 Å².